The summed E-state index contributed by atoms with van der Waals surface area (Å²) in [5, 5.41) is 5.55. The fourth-order valence-electron chi connectivity index (χ4n) is 1.51. The Bertz CT molecular complexity index is 184. The topological polar surface area (TPSA) is 18.8 Å². The highest BCUT2D eigenvalue weighted by molar-refractivity contribution is 5.56. The average molecular weight is 201 g/mol. The summed E-state index contributed by atoms with van der Waals surface area (Å²) in [5.74, 6) is 0. The zero-order valence-electron chi connectivity index (χ0n) is 9.12. The van der Waals surface area contributed by atoms with E-state index in [1.54, 1.807) is 11.2 Å². The fraction of sp³-hybridized carbons (Fsp3) is 0.900. The van der Waals surface area contributed by atoms with E-state index in [4.69, 9.17) is 0 Å². The Labute approximate surface area is 85.6 Å². The van der Waals surface area contributed by atoms with Gasteiger partial charge in [0.25, 0.3) is 6.42 Å². The van der Waals surface area contributed by atoms with Crippen LogP contribution in [0.3, 0.4) is 0 Å². The Balaban J connectivity index is 2.17. The molecule has 0 radical (unpaired) electrons. The Morgan fingerprint density at radius 2 is 2.07 bits per heavy atom. The number of halogens is 1. The molecule has 4 heteroatoms. The average Bonchev–Trinajstić information content (AvgIpc) is 2.55. The quantitative estimate of drug-likeness (QED) is 0.485. The van der Waals surface area contributed by atoms with Crippen LogP contribution in [0.4, 0.5) is 4.39 Å². The molecule has 0 fully saturated rings. The van der Waals surface area contributed by atoms with E-state index in [2.05, 4.69) is 12.0 Å². The third kappa shape index (κ3) is 2.86. The van der Waals surface area contributed by atoms with Crippen molar-refractivity contribution in [2.75, 3.05) is 13.1 Å². The van der Waals surface area contributed by atoms with E-state index in [-0.39, 0.29) is 0 Å². The molecule has 0 aromatic rings. The van der Waals surface area contributed by atoms with Crippen molar-refractivity contribution >= 4 is 6.34 Å². The van der Waals surface area contributed by atoms with Crippen molar-refractivity contribution in [3.8, 4) is 0 Å². The highest BCUT2D eigenvalue weighted by atomic mass is 19.1. The number of hydrazone groups is 1. The van der Waals surface area contributed by atoms with Gasteiger partial charge < -0.3 is 4.90 Å². The smallest absolute Gasteiger partial charge is 0.265 e. The lowest BCUT2D eigenvalue weighted by Crippen LogP contribution is -2.36. The van der Waals surface area contributed by atoms with Gasteiger partial charge in [0.15, 0.2) is 0 Å². The molecule has 1 aliphatic heterocycles. The summed E-state index contributed by atoms with van der Waals surface area (Å²) in [5.41, 5.74) is 0. The molecule has 1 atom stereocenters. The van der Waals surface area contributed by atoms with Crippen molar-refractivity contribution < 1.29 is 4.39 Å². The molecule has 0 bridgehead atoms. The van der Waals surface area contributed by atoms with Crippen LogP contribution < -0.4 is 0 Å². The first kappa shape index (κ1) is 11.3. The van der Waals surface area contributed by atoms with Crippen molar-refractivity contribution in [3.05, 3.63) is 0 Å². The molecule has 1 unspecified atom stereocenters. The zero-order valence-corrected chi connectivity index (χ0v) is 9.12. The first-order chi connectivity index (χ1) is 6.79. The highest BCUT2D eigenvalue weighted by Gasteiger charge is 2.24. The SMILES string of the molecule is CCCCCCN1N=CN(CC)C1F. The molecule has 0 aromatic heterocycles. The number of unbranched alkanes of at least 4 members (excludes halogenated alkanes) is 3. The summed E-state index contributed by atoms with van der Waals surface area (Å²) in [6.07, 6.45) is 5.19. The van der Waals surface area contributed by atoms with Crippen LogP contribution in [0, 0.1) is 0 Å². The first-order valence-corrected chi connectivity index (χ1v) is 5.50. The minimum Gasteiger partial charge on any atom is -0.313 e. The van der Waals surface area contributed by atoms with Crippen molar-refractivity contribution in [2.24, 2.45) is 5.10 Å². The van der Waals surface area contributed by atoms with Crippen LogP contribution in [0.15, 0.2) is 5.10 Å². The van der Waals surface area contributed by atoms with Gasteiger partial charge in [0.1, 0.15) is 6.34 Å². The molecular weight excluding hydrogens is 181 g/mol. The Hall–Kier alpha value is -0.800. The van der Waals surface area contributed by atoms with Crippen LogP contribution in [-0.4, -0.2) is 35.8 Å². The molecule has 0 saturated heterocycles. The number of hydrogen-bond donors (Lipinski definition) is 0. The standard InChI is InChI=1S/C10H20FN3/c1-3-5-6-7-8-14-10(11)13(4-2)9-12-14/h9-10H,3-8H2,1-2H3. The van der Waals surface area contributed by atoms with E-state index in [1.165, 1.54) is 24.3 Å². The maximum atomic E-state index is 13.5. The predicted molar refractivity (Wildman–Crippen MR) is 56.6 cm³/mol. The second-order valence-electron chi connectivity index (χ2n) is 3.60. The van der Waals surface area contributed by atoms with Gasteiger partial charge >= 0.3 is 0 Å². The second kappa shape index (κ2) is 5.83. The van der Waals surface area contributed by atoms with E-state index >= 15 is 0 Å². The van der Waals surface area contributed by atoms with Crippen LogP contribution in [-0.2, 0) is 0 Å². The van der Waals surface area contributed by atoms with Crippen LogP contribution >= 0.6 is 0 Å². The minimum atomic E-state index is -1.04. The molecule has 0 spiro atoms. The maximum absolute atomic E-state index is 13.5. The van der Waals surface area contributed by atoms with Gasteiger partial charge in [-0.25, -0.2) is 5.01 Å². The van der Waals surface area contributed by atoms with E-state index in [9.17, 15) is 4.39 Å². The van der Waals surface area contributed by atoms with Gasteiger partial charge in [-0.1, -0.05) is 26.2 Å². The molecule has 0 amide bonds. The van der Waals surface area contributed by atoms with E-state index in [0.29, 0.717) is 6.54 Å². The van der Waals surface area contributed by atoms with Gasteiger partial charge in [0.05, 0.1) is 0 Å². The lowest BCUT2D eigenvalue weighted by molar-refractivity contribution is 0.0168. The van der Waals surface area contributed by atoms with Gasteiger partial charge in [-0.3, -0.25) is 0 Å². The normalized spacial score (nSPS) is 20.9. The first-order valence-electron chi connectivity index (χ1n) is 5.50. The van der Waals surface area contributed by atoms with E-state index in [1.807, 2.05) is 6.92 Å². The van der Waals surface area contributed by atoms with Crippen LogP contribution in [0.2, 0.25) is 0 Å². The Kier molecular flexibility index (Phi) is 4.70. The summed E-state index contributed by atoms with van der Waals surface area (Å²) in [6, 6.07) is 0. The number of nitrogens with zero attached hydrogens (tertiary/aromatic N) is 3. The number of hydrogen-bond acceptors (Lipinski definition) is 3. The van der Waals surface area contributed by atoms with Gasteiger partial charge in [-0.2, -0.15) is 9.49 Å². The molecule has 0 saturated carbocycles. The maximum Gasteiger partial charge on any atom is 0.265 e. The van der Waals surface area contributed by atoms with Gasteiger partial charge in [0.2, 0.25) is 0 Å². The van der Waals surface area contributed by atoms with Crippen LogP contribution in [0.5, 0.6) is 0 Å². The Morgan fingerprint density at radius 1 is 1.29 bits per heavy atom. The molecular formula is C10H20FN3. The molecule has 1 heterocycles. The number of alkyl halides is 1. The molecule has 82 valence electrons. The lowest BCUT2D eigenvalue weighted by atomic mass is 10.2. The molecule has 0 aliphatic carbocycles. The monoisotopic (exact) mass is 201 g/mol. The second-order valence-corrected chi connectivity index (χ2v) is 3.60. The highest BCUT2D eigenvalue weighted by Crippen LogP contribution is 2.14. The third-order valence-corrected chi connectivity index (χ3v) is 2.47. The Morgan fingerprint density at radius 3 is 2.64 bits per heavy atom. The largest absolute Gasteiger partial charge is 0.313 e. The molecule has 14 heavy (non-hydrogen) atoms. The fourth-order valence-corrected chi connectivity index (χ4v) is 1.51. The lowest BCUT2D eigenvalue weighted by Gasteiger charge is -2.22. The molecule has 1 aliphatic rings. The predicted octanol–water partition coefficient (Wildman–Crippen LogP) is 2.40. The zero-order chi connectivity index (χ0) is 10.4. The molecule has 3 nitrogen and oxygen atoms in total. The summed E-state index contributed by atoms with van der Waals surface area (Å²) >= 11 is 0. The van der Waals surface area contributed by atoms with Gasteiger partial charge in [0, 0.05) is 13.1 Å². The summed E-state index contributed by atoms with van der Waals surface area (Å²) in [7, 11) is 0. The van der Waals surface area contributed by atoms with Crippen molar-refractivity contribution in [3.63, 3.8) is 0 Å². The third-order valence-electron chi connectivity index (χ3n) is 2.47. The van der Waals surface area contributed by atoms with E-state index < -0.39 is 6.42 Å². The summed E-state index contributed by atoms with van der Waals surface area (Å²) in [4.78, 5) is 1.60. The minimum absolute atomic E-state index is 0.677. The summed E-state index contributed by atoms with van der Waals surface area (Å²) < 4.78 is 13.5. The van der Waals surface area contributed by atoms with Crippen molar-refractivity contribution in [1.82, 2.24) is 9.91 Å². The van der Waals surface area contributed by atoms with Gasteiger partial charge in [-0.05, 0) is 13.3 Å². The van der Waals surface area contributed by atoms with Crippen LogP contribution in [0.25, 0.3) is 0 Å². The molecule has 0 N–H and O–H groups in total. The molecule has 0 aromatic carbocycles. The van der Waals surface area contributed by atoms with Crippen molar-refractivity contribution in [2.45, 2.75) is 46.0 Å². The van der Waals surface area contributed by atoms with Crippen molar-refractivity contribution in [1.29, 1.82) is 0 Å². The van der Waals surface area contributed by atoms with Crippen LogP contribution in [0.1, 0.15) is 39.5 Å². The van der Waals surface area contributed by atoms with E-state index in [0.717, 1.165) is 13.0 Å². The molecule has 1 rings (SSSR count). The summed E-state index contributed by atoms with van der Waals surface area (Å²) in [6.45, 7) is 5.51. The number of rotatable bonds is 6. The van der Waals surface area contributed by atoms with Gasteiger partial charge in [-0.15, -0.1) is 0 Å².